The van der Waals surface area contributed by atoms with Crippen molar-refractivity contribution in [3.05, 3.63) is 54.1 Å². The molecule has 0 aliphatic rings. The monoisotopic (exact) mass is 392 g/mol. The van der Waals surface area contributed by atoms with Gasteiger partial charge in [0.25, 0.3) is 0 Å². The van der Waals surface area contributed by atoms with Crippen molar-refractivity contribution in [1.29, 1.82) is 0 Å². The quantitative estimate of drug-likeness (QED) is 0.561. The molecular formula is C24H28N2O3. The summed E-state index contributed by atoms with van der Waals surface area (Å²) in [7, 11) is 1.56. The fourth-order valence-corrected chi connectivity index (χ4v) is 3.04. The summed E-state index contributed by atoms with van der Waals surface area (Å²) in [4.78, 5) is 27.4. The molecule has 2 aromatic carbocycles. The number of Topliss-reactive ketones (excluding diaryl/α,β-unsaturated/α-hetero) is 1. The number of methoxy groups -OCH3 is 1. The highest BCUT2D eigenvalue weighted by Crippen LogP contribution is 2.33. The number of hydrogen-bond acceptors (Lipinski definition) is 4. The number of nitrogens with zero attached hydrogens (tertiary/aromatic N) is 1. The fraction of sp³-hybridized carbons (Fsp3) is 0.333. The third kappa shape index (κ3) is 5.86. The minimum atomic E-state index is -0.863. The van der Waals surface area contributed by atoms with Crippen LogP contribution in [0.2, 0.25) is 0 Å². The molecule has 2 aromatic rings. The van der Waals surface area contributed by atoms with Crippen LogP contribution in [0.4, 0.5) is 11.4 Å². The zero-order valence-electron chi connectivity index (χ0n) is 17.4. The van der Waals surface area contributed by atoms with E-state index in [0.717, 1.165) is 0 Å². The normalized spacial score (nSPS) is 12.0. The van der Waals surface area contributed by atoms with Crippen molar-refractivity contribution in [2.45, 2.75) is 39.7 Å². The average Bonchev–Trinajstić information content (AvgIpc) is 2.69. The molecule has 152 valence electrons. The van der Waals surface area contributed by atoms with Gasteiger partial charge < -0.3 is 10.5 Å². The van der Waals surface area contributed by atoms with Gasteiger partial charge in [0.15, 0.2) is 5.78 Å². The molecule has 1 atom stereocenters. The molecule has 1 amide bonds. The van der Waals surface area contributed by atoms with E-state index < -0.39 is 11.9 Å². The van der Waals surface area contributed by atoms with Gasteiger partial charge in [-0.25, -0.2) is 0 Å². The second-order valence-corrected chi connectivity index (χ2v) is 8.12. The number of amides is 1. The molecule has 5 nitrogen and oxygen atoms in total. The van der Waals surface area contributed by atoms with Gasteiger partial charge in [-0.2, -0.15) is 0 Å². The van der Waals surface area contributed by atoms with E-state index in [2.05, 4.69) is 26.7 Å². The van der Waals surface area contributed by atoms with E-state index in [4.69, 9.17) is 16.9 Å². The highest BCUT2D eigenvalue weighted by atomic mass is 16.5. The van der Waals surface area contributed by atoms with Crippen molar-refractivity contribution in [3.8, 4) is 18.1 Å². The Morgan fingerprint density at radius 1 is 1.17 bits per heavy atom. The zero-order chi connectivity index (χ0) is 21.6. The van der Waals surface area contributed by atoms with E-state index in [1.165, 1.54) is 4.90 Å². The van der Waals surface area contributed by atoms with Gasteiger partial charge in [0.2, 0.25) is 0 Å². The van der Waals surface area contributed by atoms with E-state index in [9.17, 15) is 9.59 Å². The SMILES string of the molecule is C#CC(=O)N(c1ccc(OC)cc1)C(C(=O)CCC(C)(C)C)c1cccc(N)c1. The largest absolute Gasteiger partial charge is 0.497 e. The number of rotatable bonds is 7. The van der Waals surface area contributed by atoms with E-state index >= 15 is 0 Å². The van der Waals surface area contributed by atoms with Crippen molar-refractivity contribution < 1.29 is 14.3 Å². The number of nitrogen functional groups attached to an aromatic ring is 1. The lowest BCUT2D eigenvalue weighted by molar-refractivity contribution is -0.123. The molecule has 0 aromatic heterocycles. The van der Waals surface area contributed by atoms with Crippen molar-refractivity contribution in [1.82, 2.24) is 0 Å². The maximum atomic E-state index is 13.3. The molecule has 0 aliphatic carbocycles. The van der Waals surface area contributed by atoms with Crippen LogP contribution in [0.3, 0.4) is 0 Å². The van der Waals surface area contributed by atoms with Gasteiger partial charge in [-0.05, 0) is 59.7 Å². The number of terminal acetylenes is 1. The molecule has 0 saturated carbocycles. The van der Waals surface area contributed by atoms with E-state index in [1.54, 1.807) is 55.6 Å². The predicted octanol–water partition coefficient (Wildman–Crippen LogP) is 4.38. The van der Waals surface area contributed by atoms with Crippen LogP contribution in [-0.2, 0) is 9.59 Å². The van der Waals surface area contributed by atoms with Crippen LogP contribution in [-0.4, -0.2) is 18.8 Å². The van der Waals surface area contributed by atoms with Crippen LogP contribution >= 0.6 is 0 Å². The lowest BCUT2D eigenvalue weighted by Crippen LogP contribution is -2.38. The van der Waals surface area contributed by atoms with E-state index in [-0.39, 0.29) is 11.2 Å². The van der Waals surface area contributed by atoms with Crippen LogP contribution in [0.5, 0.6) is 5.75 Å². The Balaban J connectivity index is 2.55. The van der Waals surface area contributed by atoms with Crippen molar-refractivity contribution in [3.63, 3.8) is 0 Å². The number of carbonyl (C=O) groups is 2. The van der Waals surface area contributed by atoms with Crippen molar-refractivity contribution in [2.75, 3.05) is 17.7 Å². The first-order valence-electron chi connectivity index (χ1n) is 9.48. The third-order valence-corrected chi connectivity index (χ3v) is 4.60. The Morgan fingerprint density at radius 3 is 2.34 bits per heavy atom. The molecule has 0 fully saturated rings. The molecule has 0 aliphatic heterocycles. The van der Waals surface area contributed by atoms with Gasteiger partial charge in [-0.1, -0.05) is 32.9 Å². The number of nitrogens with two attached hydrogens (primary N) is 1. The Hall–Kier alpha value is -3.26. The van der Waals surface area contributed by atoms with E-state index in [1.807, 2.05) is 0 Å². The Labute approximate surface area is 172 Å². The Morgan fingerprint density at radius 2 is 1.83 bits per heavy atom. The van der Waals surface area contributed by atoms with Gasteiger partial charge in [-0.15, -0.1) is 6.42 Å². The highest BCUT2D eigenvalue weighted by molar-refractivity contribution is 6.10. The number of anilines is 2. The van der Waals surface area contributed by atoms with Gasteiger partial charge in [0, 0.05) is 17.8 Å². The van der Waals surface area contributed by atoms with E-state index in [0.29, 0.717) is 35.5 Å². The van der Waals surface area contributed by atoms with Crippen LogP contribution in [0.1, 0.15) is 45.2 Å². The second kappa shape index (κ2) is 9.29. The molecule has 5 heteroatoms. The van der Waals surface area contributed by atoms with Gasteiger partial charge in [-0.3, -0.25) is 14.5 Å². The Bertz CT molecular complexity index is 905. The molecule has 1 unspecified atom stereocenters. The summed E-state index contributed by atoms with van der Waals surface area (Å²) < 4.78 is 5.19. The maximum absolute atomic E-state index is 13.3. The zero-order valence-corrected chi connectivity index (χ0v) is 17.4. The average molecular weight is 392 g/mol. The van der Waals surface area contributed by atoms with Crippen molar-refractivity contribution in [2.24, 2.45) is 5.41 Å². The molecule has 29 heavy (non-hydrogen) atoms. The first-order valence-corrected chi connectivity index (χ1v) is 9.48. The summed E-state index contributed by atoms with van der Waals surface area (Å²) in [5.41, 5.74) is 7.60. The standard InChI is InChI=1S/C24H28N2O3/c1-6-22(28)26(19-10-12-20(29-5)13-11-19)23(17-8-7-9-18(25)16-17)21(27)14-15-24(2,3)4/h1,7-13,16,23H,14-15,25H2,2-5H3. The predicted molar refractivity (Wildman–Crippen MR) is 117 cm³/mol. The summed E-state index contributed by atoms with van der Waals surface area (Å²) in [5.74, 6) is 2.11. The molecule has 2 rings (SSSR count). The molecule has 0 radical (unpaired) electrons. The maximum Gasteiger partial charge on any atom is 0.303 e. The summed E-state index contributed by atoms with van der Waals surface area (Å²) in [6, 6.07) is 13.0. The lowest BCUT2D eigenvalue weighted by Gasteiger charge is -2.31. The molecule has 0 heterocycles. The highest BCUT2D eigenvalue weighted by Gasteiger charge is 2.32. The summed E-state index contributed by atoms with van der Waals surface area (Å²) in [6.07, 6.45) is 6.45. The summed E-state index contributed by atoms with van der Waals surface area (Å²) in [6.45, 7) is 6.22. The topological polar surface area (TPSA) is 72.6 Å². The molecular weight excluding hydrogens is 364 g/mol. The summed E-state index contributed by atoms with van der Waals surface area (Å²) in [5, 5.41) is 0. The number of carbonyl (C=O) groups excluding carboxylic acids is 2. The number of ketones is 1. The second-order valence-electron chi connectivity index (χ2n) is 8.12. The number of benzene rings is 2. The van der Waals surface area contributed by atoms with Gasteiger partial charge >= 0.3 is 5.91 Å². The third-order valence-electron chi connectivity index (χ3n) is 4.60. The van der Waals surface area contributed by atoms with Crippen LogP contribution in [0.25, 0.3) is 0 Å². The fourth-order valence-electron chi connectivity index (χ4n) is 3.04. The molecule has 0 saturated heterocycles. The van der Waals surface area contributed by atoms with Crippen LogP contribution in [0, 0.1) is 17.8 Å². The summed E-state index contributed by atoms with van der Waals surface area (Å²) >= 11 is 0. The van der Waals surface area contributed by atoms with Crippen LogP contribution in [0.15, 0.2) is 48.5 Å². The molecule has 2 N–H and O–H groups in total. The molecule has 0 spiro atoms. The van der Waals surface area contributed by atoms with Crippen molar-refractivity contribution >= 4 is 23.1 Å². The minimum Gasteiger partial charge on any atom is -0.497 e. The van der Waals surface area contributed by atoms with Crippen LogP contribution < -0.4 is 15.4 Å². The van der Waals surface area contributed by atoms with Gasteiger partial charge in [0.1, 0.15) is 11.8 Å². The molecule has 0 bridgehead atoms. The number of ether oxygens (including phenoxy) is 1. The lowest BCUT2D eigenvalue weighted by atomic mass is 9.87. The van der Waals surface area contributed by atoms with Gasteiger partial charge in [0.05, 0.1) is 7.11 Å². The number of hydrogen-bond donors (Lipinski definition) is 1. The smallest absolute Gasteiger partial charge is 0.303 e. The first kappa shape index (κ1) is 22.0. The first-order chi connectivity index (χ1) is 13.7. The Kier molecular flexibility index (Phi) is 7.06. The minimum absolute atomic E-state index is 0.0169.